The monoisotopic (exact) mass is 394 g/mol. The predicted octanol–water partition coefficient (Wildman–Crippen LogP) is 1.80. The standard InChI is InChI=1S/C17H23FN6O4/c1-5-11(26)21-16-22-13(19-4)12-14(23-16)24(8-20-12)15-17(3,18)6-10(28-15)7-27-9(2)25/h8,10,15H,5-7H2,1-4H3,(H2,19,21,22,23,26)/t10-,15+,17+/m0/s1. The average Bonchev–Trinajstić information content (AvgIpc) is 3.18. The summed E-state index contributed by atoms with van der Waals surface area (Å²) in [5.74, 6) is -0.226. The van der Waals surface area contributed by atoms with Gasteiger partial charge in [-0.3, -0.25) is 19.5 Å². The van der Waals surface area contributed by atoms with Crippen molar-refractivity contribution in [3.8, 4) is 0 Å². The highest BCUT2D eigenvalue weighted by Crippen LogP contribution is 2.42. The van der Waals surface area contributed by atoms with Gasteiger partial charge in [-0.1, -0.05) is 6.92 Å². The first-order chi connectivity index (χ1) is 13.2. The average molecular weight is 394 g/mol. The van der Waals surface area contributed by atoms with E-state index in [1.165, 1.54) is 24.7 Å². The third kappa shape index (κ3) is 3.88. The van der Waals surface area contributed by atoms with E-state index in [2.05, 4.69) is 25.6 Å². The van der Waals surface area contributed by atoms with Gasteiger partial charge in [-0.25, -0.2) is 9.37 Å². The molecule has 0 bridgehead atoms. The molecule has 0 unspecified atom stereocenters. The summed E-state index contributed by atoms with van der Waals surface area (Å²) >= 11 is 0. The minimum absolute atomic E-state index is 0.0352. The van der Waals surface area contributed by atoms with Crippen LogP contribution in [0.1, 0.15) is 39.8 Å². The van der Waals surface area contributed by atoms with Gasteiger partial charge in [0.1, 0.15) is 6.61 Å². The number of esters is 1. The molecule has 152 valence electrons. The van der Waals surface area contributed by atoms with Gasteiger partial charge in [0.25, 0.3) is 0 Å². The topological polar surface area (TPSA) is 120 Å². The molecule has 1 fully saturated rings. The van der Waals surface area contributed by atoms with Crippen LogP contribution in [0.2, 0.25) is 0 Å². The highest BCUT2D eigenvalue weighted by molar-refractivity contribution is 5.91. The van der Waals surface area contributed by atoms with Crippen molar-refractivity contribution >= 4 is 34.8 Å². The zero-order valence-electron chi connectivity index (χ0n) is 16.2. The second-order valence-electron chi connectivity index (χ2n) is 6.77. The maximum absolute atomic E-state index is 15.2. The Morgan fingerprint density at radius 2 is 2.21 bits per heavy atom. The second-order valence-corrected chi connectivity index (χ2v) is 6.77. The Bertz CT molecular complexity index is 899. The van der Waals surface area contributed by atoms with Gasteiger partial charge >= 0.3 is 5.97 Å². The van der Waals surface area contributed by atoms with E-state index < -0.39 is 24.0 Å². The van der Waals surface area contributed by atoms with Crippen molar-refractivity contribution in [1.82, 2.24) is 19.5 Å². The van der Waals surface area contributed by atoms with Crippen molar-refractivity contribution in [2.24, 2.45) is 0 Å². The lowest BCUT2D eigenvalue weighted by molar-refractivity contribution is -0.146. The number of nitrogens with one attached hydrogen (secondary N) is 2. The summed E-state index contributed by atoms with van der Waals surface area (Å²) in [6.45, 7) is 4.37. The zero-order chi connectivity index (χ0) is 20.5. The number of halogens is 1. The smallest absolute Gasteiger partial charge is 0.302 e. The van der Waals surface area contributed by atoms with Gasteiger partial charge in [-0.2, -0.15) is 9.97 Å². The van der Waals surface area contributed by atoms with Crippen LogP contribution >= 0.6 is 0 Å². The van der Waals surface area contributed by atoms with Gasteiger partial charge in [-0.05, 0) is 6.92 Å². The predicted molar refractivity (Wildman–Crippen MR) is 98.5 cm³/mol. The van der Waals surface area contributed by atoms with E-state index in [1.54, 1.807) is 14.0 Å². The molecule has 11 heteroatoms. The third-order valence-corrected chi connectivity index (χ3v) is 4.42. The highest BCUT2D eigenvalue weighted by atomic mass is 19.1. The number of fused-ring (bicyclic) bond motifs is 1. The van der Waals surface area contributed by atoms with Gasteiger partial charge in [0, 0.05) is 26.8 Å². The minimum Gasteiger partial charge on any atom is -0.463 e. The molecule has 3 rings (SSSR count). The molecule has 1 amide bonds. The summed E-state index contributed by atoms with van der Waals surface area (Å²) in [4.78, 5) is 35.6. The number of hydrogen-bond donors (Lipinski definition) is 2. The molecule has 2 N–H and O–H groups in total. The first-order valence-electron chi connectivity index (χ1n) is 8.95. The molecule has 2 aromatic heterocycles. The molecule has 10 nitrogen and oxygen atoms in total. The van der Waals surface area contributed by atoms with Crippen molar-refractivity contribution < 1.29 is 23.5 Å². The maximum Gasteiger partial charge on any atom is 0.302 e. The normalized spacial score (nSPS) is 24.3. The van der Waals surface area contributed by atoms with E-state index in [9.17, 15) is 9.59 Å². The van der Waals surface area contributed by atoms with Crippen LogP contribution in [0.5, 0.6) is 0 Å². The van der Waals surface area contributed by atoms with E-state index >= 15 is 4.39 Å². The van der Waals surface area contributed by atoms with Crippen molar-refractivity contribution in [1.29, 1.82) is 0 Å². The number of rotatable bonds is 6. The third-order valence-electron chi connectivity index (χ3n) is 4.42. The molecule has 0 saturated carbocycles. The van der Waals surface area contributed by atoms with Gasteiger partial charge < -0.3 is 14.8 Å². The molecule has 1 aliphatic heterocycles. The first-order valence-corrected chi connectivity index (χ1v) is 8.95. The van der Waals surface area contributed by atoms with E-state index in [-0.39, 0.29) is 31.3 Å². The number of nitrogens with zero attached hydrogens (tertiary/aromatic N) is 4. The van der Waals surface area contributed by atoms with Gasteiger partial charge in [0.2, 0.25) is 11.9 Å². The molecular formula is C17H23FN6O4. The lowest BCUT2D eigenvalue weighted by Crippen LogP contribution is -2.27. The van der Waals surface area contributed by atoms with E-state index in [4.69, 9.17) is 9.47 Å². The van der Waals surface area contributed by atoms with Crippen LogP contribution in [0.3, 0.4) is 0 Å². The Kier molecular flexibility index (Phi) is 5.45. The summed E-state index contributed by atoms with van der Waals surface area (Å²) in [6, 6.07) is 0. The molecule has 1 aliphatic rings. The second kappa shape index (κ2) is 7.66. The van der Waals surface area contributed by atoms with Crippen LogP contribution in [0.25, 0.3) is 11.2 Å². The van der Waals surface area contributed by atoms with E-state index in [1.807, 2.05) is 0 Å². The van der Waals surface area contributed by atoms with E-state index in [0.29, 0.717) is 17.0 Å². The molecule has 0 aromatic carbocycles. The van der Waals surface area contributed by atoms with Gasteiger partial charge in [-0.15, -0.1) is 0 Å². The largest absolute Gasteiger partial charge is 0.463 e. The van der Waals surface area contributed by atoms with Gasteiger partial charge in [0.15, 0.2) is 28.9 Å². The summed E-state index contributed by atoms with van der Waals surface area (Å²) in [5.41, 5.74) is -1.01. The SMILES string of the molecule is CCC(=O)Nc1nc(NC)c2ncn([C@@H]3O[C@H](COC(C)=O)C[C@@]3(C)F)c2n1. The quantitative estimate of drug-likeness (QED) is 0.712. The number of imidazole rings is 1. The lowest BCUT2D eigenvalue weighted by atomic mass is 10.0. The number of ether oxygens (including phenoxy) is 2. The lowest BCUT2D eigenvalue weighted by Gasteiger charge is -2.22. The Balaban J connectivity index is 1.97. The molecule has 3 atom stereocenters. The van der Waals surface area contributed by atoms with Crippen LogP contribution in [0, 0.1) is 0 Å². The van der Waals surface area contributed by atoms with Crippen LogP contribution in [0.4, 0.5) is 16.2 Å². The Hall–Kier alpha value is -2.82. The van der Waals surface area contributed by atoms with E-state index in [0.717, 1.165) is 0 Å². The Morgan fingerprint density at radius 1 is 1.46 bits per heavy atom. The highest BCUT2D eigenvalue weighted by Gasteiger charge is 2.48. The molecular weight excluding hydrogens is 371 g/mol. The van der Waals surface area contributed by atoms with Crippen LogP contribution in [-0.4, -0.2) is 56.8 Å². The maximum atomic E-state index is 15.2. The fourth-order valence-corrected chi connectivity index (χ4v) is 3.11. The van der Waals surface area contributed by atoms with Crippen molar-refractivity contribution in [2.45, 2.75) is 51.6 Å². The van der Waals surface area contributed by atoms with Crippen LogP contribution in [-0.2, 0) is 19.1 Å². The summed E-state index contributed by atoms with van der Waals surface area (Å²) in [6.07, 6.45) is 0.122. The number of aromatic nitrogens is 4. The molecule has 0 aliphatic carbocycles. The number of carbonyl (C=O) groups excluding carboxylic acids is 2. The number of alkyl halides is 1. The van der Waals surface area contributed by atoms with Crippen molar-refractivity contribution in [2.75, 3.05) is 24.3 Å². The number of anilines is 2. The van der Waals surface area contributed by atoms with Crippen molar-refractivity contribution in [3.05, 3.63) is 6.33 Å². The van der Waals surface area contributed by atoms with Crippen molar-refractivity contribution in [3.63, 3.8) is 0 Å². The van der Waals surface area contributed by atoms with Crippen LogP contribution in [0.15, 0.2) is 6.33 Å². The Morgan fingerprint density at radius 3 is 2.86 bits per heavy atom. The molecule has 2 aromatic rings. The summed E-state index contributed by atoms with van der Waals surface area (Å²) in [7, 11) is 1.66. The Labute approximate surface area is 160 Å². The van der Waals surface area contributed by atoms with Gasteiger partial charge in [0.05, 0.1) is 12.4 Å². The first kappa shape index (κ1) is 19.9. The molecule has 28 heavy (non-hydrogen) atoms. The minimum atomic E-state index is -1.74. The fraction of sp³-hybridized carbons (Fsp3) is 0.588. The fourth-order valence-electron chi connectivity index (χ4n) is 3.11. The molecule has 0 spiro atoms. The summed E-state index contributed by atoms with van der Waals surface area (Å²) < 4.78 is 27.5. The summed E-state index contributed by atoms with van der Waals surface area (Å²) in [5, 5.41) is 5.49. The molecule has 0 radical (unpaired) electrons. The zero-order valence-corrected chi connectivity index (χ0v) is 16.2. The number of carbonyl (C=O) groups is 2. The van der Waals surface area contributed by atoms with Crippen LogP contribution < -0.4 is 10.6 Å². The number of amides is 1. The molecule has 3 heterocycles. The molecule has 1 saturated heterocycles. The number of hydrogen-bond acceptors (Lipinski definition) is 8.